The molecule has 0 radical (unpaired) electrons. The lowest BCUT2D eigenvalue weighted by atomic mass is 9.90. The second-order valence-corrected chi connectivity index (χ2v) is 13.6. The van der Waals surface area contributed by atoms with Crippen molar-refractivity contribution in [1.82, 2.24) is 0 Å². The summed E-state index contributed by atoms with van der Waals surface area (Å²) in [4.78, 5) is 5.15. The van der Waals surface area contributed by atoms with Gasteiger partial charge in [0.15, 0.2) is 0 Å². The Kier molecular flexibility index (Phi) is 8.17. The van der Waals surface area contributed by atoms with Crippen molar-refractivity contribution < 1.29 is 0 Å². The van der Waals surface area contributed by atoms with E-state index in [2.05, 4.69) is 70.5 Å². The van der Waals surface area contributed by atoms with Gasteiger partial charge < -0.3 is 9.80 Å². The molecule has 0 aromatic heterocycles. The number of hydrogen-bond donors (Lipinski definition) is 0. The number of anilines is 2. The van der Waals surface area contributed by atoms with Crippen molar-refractivity contribution in [3.05, 3.63) is 128 Å². The number of rotatable bonds is 6. The summed E-state index contributed by atoms with van der Waals surface area (Å²) in [5.74, 6) is 0. The lowest BCUT2D eigenvalue weighted by molar-refractivity contribution is 0.634. The third-order valence-corrected chi connectivity index (χ3v) is 10.5. The second-order valence-electron chi connectivity index (χ2n) is 13.6. The van der Waals surface area contributed by atoms with Gasteiger partial charge in [-0.3, -0.25) is 0 Å². The van der Waals surface area contributed by atoms with Crippen LogP contribution in [0, 0.1) is 22.7 Å². The summed E-state index contributed by atoms with van der Waals surface area (Å²) in [6.45, 7) is 4.75. The van der Waals surface area contributed by atoms with Gasteiger partial charge in [-0.2, -0.15) is 10.5 Å². The van der Waals surface area contributed by atoms with Crippen LogP contribution in [0.15, 0.2) is 72.8 Å². The number of aryl methyl sites for hydroxylation is 4. The smallest absolute Gasteiger partial charge is 0.101 e. The predicted molar refractivity (Wildman–Crippen MR) is 199 cm³/mol. The van der Waals surface area contributed by atoms with Gasteiger partial charge in [0.05, 0.1) is 11.1 Å². The van der Waals surface area contributed by atoms with Crippen LogP contribution in [0.5, 0.6) is 0 Å². The van der Waals surface area contributed by atoms with E-state index in [1.54, 1.807) is 0 Å². The second kappa shape index (κ2) is 13.1. The van der Waals surface area contributed by atoms with Crippen LogP contribution in [0.2, 0.25) is 0 Å². The number of nitriles is 2. The fourth-order valence-corrected chi connectivity index (χ4v) is 8.29. The first-order valence-corrected chi connectivity index (χ1v) is 17.6. The third-order valence-electron chi connectivity index (χ3n) is 10.5. The van der Waals surface area contributed by atoms with E-state index in [9.17, 15) is 10.5 Å². The highest BCUT2D eigenvalue weighted by Crippen LogP contribution is 2.38. The number of allylic oxidation sites excluding steroid dienone is 2. The molecule has 8 rings (SSSR count). The zero-order valence-corrected chi connectivity index (χ0v) is 27.5. The summed E-state index contributed by atoms with van der Waals surface area (Å²) >= 11 is 0. The summed E-state index contributed by atoms with van der Waals surface area (Å²) < 4.78 is 0. The Bertz CT molecular complexity index is 1840. The molecule has 0 spiro atoms. The highest BCUT2D eigenvalue weighted by atomic mass is 15.1. The molecule has 0 aliphatic carbocycles. The third kappa shape index (κ3) is 5.85. The van der Waals surface area contributed by atoms with E-state index < -0.39 is 0 Å². The van der Waals surface area contributed by atoms with Gasteiger partial charge in [0, 0.05) is 37.6 Å². The van der Waals surface area contributed by atoms with Crippen LogP contribution in [-0.4, -0.2) is 26.2 Å². The molecule has 4 heteroatoms. The average molecular weight is 625 g/mol. The van der Waals surface area contributed by atoms with E-state index in [1.165, 1.54) is 96.6 Å². The Hall–Kier alpha value is -5.32. The molecule has 0 amide bonds. The van der Waals surface area contributed by atoms with Crippen molar-refractivity contribution in [2.45, 2.75) is 51.4 Å². The lowest BCUT2D eigenvalue weighted by Crippen LogP contribution is -2.34. The van der Waals surface area contributed by atoms with E-state index in [-0.39, 0.29) is 0 Å². The monoisotopic (exact) mass is 624 g/mol. The fraction of sp³-hybridized carbons (Fsp3) is 0.273. The van der Waals surface area contributed by atoms with Crippen LogP contribution in [0.4, 0.5) is 11.4 Å². The van der Waals surface area contributed by atoms with Crippen LogP contribution in [0.1, 0.15) is 81.3 Å². The van der Waals surface area contributed by atoms with E-state index in [0.29, 0.717) is 11.1 Å². The Balaban J connectivity index is 0.990. The number of benzene rings is 4. The van der Waals surface area contributed by atoms with E-state index >= 15 is 0 Å². The molecular weight excluding hydrogens is 585 g/mol. The Morgan fingerprint density at radius 3 is 1.08 bits per heavy atom. The first kappa shape index (κ1) is 30.0. The molecule has 4 nitrogen and oxygen atoms in total. The first-order valence-electron chi connectivity index (χ1n) is 17.6. The average Bonchev–Trinajstić information content (AvgIpc) is 3.13. The lowest BCUT2D eigenvalue weighted by Gasteiger charge is -2.37. The standard InChI is InChI=1S/C44H40N4/c45-29-41(35-17-13-31(14-18-35)9-11-33-25-37-5-1-21-47-22-2-6-38(26-33)43(37)47)42(30-46)36-19-15-32(16-20-36)10-12-34-27-39-7-3-23-48-24-4-8-40(28-34)44(39)48/h9-20,25-28H,1-8,21-24H2. The Labute approximate surface area is 284 Å². The van der Waals surface area contributed by atoms with Crippen molar-refractivity contribution >= 4 is 46.8 Å². The quantitative estimate of drug-likeness (QED) is 0.158. The minimum atomic E-state index is 0.395. The maximum Gasteiger partial charge on any atom is 0.101 e. The largest absolute Gasteiger partial charge is 0.371 e. The summed E-state index contributed by atoms with van der Waals surface area (Å²) in [5.41, 5.74) is 15.9. The van der Waals surface area contributed by atoms with Crippen LogP contribution in [0.3, 0.4) is 0 Å². The van der Waals surface area contributed by atoms with Crippen molar-refractivity contribution in [2.75, 3.05) is 36.0 Å². The summed E-state index contributed by atoms with van der Waals surface area (Å²) in [6, 6.07) is 30.0. The highest BCUT2D eigenvalue weighted by molar-refractivity contribution is 6.02. The zero-order valence-electron chi connectivity index (χ0n) is 27.5. The van der Waals surface area contributed by atoms with Gasteiger partial charge in [0.1, 0.15) is 12.1 Å². The van der Waals surface area contributed by atoms with Crippen molar-refractivity contribution in [2.24, 2.45) is 0 Å². The molecule has 4 heterocycles. The number of nitrogens with zero attached hydrogens (tertiary/aromatic N) is 4. The van der Waals surface area contributed by atoms with E-state index in [0.717, 1.165) is 47.9 Å². The van der Waals surface area contributed by atoms with Gasteiger partial charge in [-0.25, -0.2) is 0 Å². The molecule has 236 valence electrons. The molecular formula is C44H40N4. The molecule has 4 aromatic rings. The SMILES string of the molecule is N#CC(=C(C#N)c1ccc(C=Cc2cc3c4c(c2)CCCN4CCC3)cc1)c1ccc(C=Cc2cc3c4c(c2)CCCN4CCC3)cc1. The molecule has 0 atom stereocenters. The van der Waals surface area contributed by atoms with Crippen molar-refractivity contribution in [3.8, 4) is 12.1 Å². The normalized spacial score (nSPS) is 17.0. The molecule has 0 unspecified atom stereocenters. The minimum absolute atomic E-state index is 0.395. The van der Waals surface area contributed by atoms with Crippen LogP contribution in [0.25, 0.3) is 35.5 Å². The molecule has 0 bridgehead atoms. The van der Waals surface area contributed by atoms with E-state index in [4.69, 9.17) is 0 Å². The van der Waals surface area contributed by atoms with Crippen molar-refractivity contribution in [3.63, 3.8) is 0 Å². The van der Waals surface area contributed by atoms with Gasteiger partial charge in [-0.1, -0.05) is 72.8 Å². The van der Waals surface area contributed by atoms with Gasteiger partial charge in [-0.05, 0) is 131 Å². The number of hydrogen-bond acceptors (Lipinski definition) is 4. The van der Waals surface area contributed by atoms with Gasteiger partial charge in [0.25, 0.3) is 0 Å². The molecule has 0 saturated heterocycles. The molecule has 4 aromatic carbocycles. The zero-order chi connectivity index (χ0) is 32.5. The molecule has 0 fully saturated rings. The predicted octanol–water partition coefficient (Wildman–Crippen LogP) is 9.38. The van der Waals surface area contributed by atoms with Crippen LogP contribution in [-0.2, 0) is 25.7 Å². The first-order chi connectivity index (χ1) is 23.7. The maximum atomic E-state index is 10.2. The Morgan fingerprint density at radius 1 is 0.458 bits per heavy atom. The molecule has 4 aliphatic heterocycles. The van der Waals surface area contributed by atoms with Gasteiger partial charge in [-0.15, -0.1) is 0 Å². The van der Waals surface area contributed by atoms with Gasteiger partial charge >= 0.3 is 0 Å². The van der Waals surface area contributed by atoms with Gasteiger partial charge in [0.2, 0.25) is 0 Å². The van der Waals surface area contributed by atoms with E-state index in [1.807, 2.05) is 48.5 Å². The maximum absolute atomic E-state index is 10.2. The highest BCUT2D eigenvalue weighted by Gasteiger charge is 2.25. The molecule has 4 aliphatic rings. The van der Waals surface area contributed by atoms with Crippen LogP contribution < -0.4 is 9.80 Å². The van der Waals surface area contributed by atoms with Crippen LogP contribution >= 0.6 is 0 Å². The minimum Gasteiger partial charge on any atom is -0.371 e. The summed E-state index contributed by atoms with van der Waals surface area (Å²) in [7, 11) is 0. The summed E-state index contributed by atoms with van der Waals surface area (Å²) in [5, 5.41) is 20.3. The molecule has 48 heavy (non-hydrogen) atoms. The topological polar surface area (TPSA) is 54.1 Å². The summed E-state index contributed by atoms with van der Waals surface area (Å²) in [6.07, 6.45) is 18.3. The Morgan fingerprint density at radius 2 is 0.771 bits per heavy atom. The van der Waals surface area contributed by atoms with Crippen molar-refractivity contribution in [1.29, 1.82) is 10.5 Å². The fourth-order valence-electron chi connectivity index (χ4n) is 8.29. The molecule has 0 saturated carbocycles. The molecule has 0 N–H and O–H groups in total.